The Balaban J connectivity index is 2.50. The van der Waals surface area contributed by atoms with Crippen molar-refractivity contribution in [2.75, 3.05) is 14.2 Å². The van der Waals surface area contributed by atoms with E-state index in [1.54, 1.807) is 39.3 Å². The number of ether oxygens (including phenoxy) is 3. The van der Waals surface area contributed by atoms with Gasteiger partial charge < -0.3 is 19.0 Å². The summed E-state index contributed by atoms with van der Waals surface area (Å²) in [5.74, 6) is 1.07. The van der Waals surface area contributed by atoms with Gasteiger partial charge in [-0.3, -0.25) is 0 Å². The fourth-order valence-corrected chi connectivity index (χ4v) is 3.74. The number of methoxy groups -OCH3 is 2. The van der Waals surface area contributed by atoms with E-state index in [0.717, 1.165) is 51.4 Å². The third-order valence-electron chi connectivity index (χ3n) is 5.74. The van der Waals surface area contributed by atoms with Crippen LogP contribution in [-0.2, 0) is 9.53 Å². The number of rotatable bonds is 19. The van der Waals surface area contributed by atoms with Crippen molar-refractivity contribution in [3.05, 3.63) is 35.9 Å². The van der Waals surface area contributed by atoms with Gasteiger partial charge in [0.25, 0.3) is 0 Å². The lowest BCUT2D eigenvalue weighted by atomic mass is 10.1. The fourth-order valence-electron chi connectivity index (χ4n) is 3.74. The topological polar surface area (TPSA) is 61.8 Å². The Morgan fingerprint density at radius 2 is 1.58 bits per heavy atom. The number of hydrogen-bond donors (Lipinski definition) is 0. The number of unbranched alkanes of at least 4 members (excludes halogenated alkanes) is 8. The number of esters is 1. The predicted octanol–water partition coefficient (Wildman–Crippen LogP) is 7.47. The van der Waals surface area contributed by atoms with E-state index in [0.29, 0.717) is 23.5 Å². The van der Waals surface area contributed by atoms with Crippen LogP contribution in [0.1, 0.15) is 108 Å². The number of ketones is 1. The summed E-state index contributed by atoms with van der Waals surface area (Å²) in [6, 6.07) is 5.11. The monoisotopic (exact) mass is 460 g/mol. The maximum atomic E-state index is 12.8. The Morgan fingerprint density at radius 3 is 2.27 bits per heavy atom. The molecule has 0 aliphatic rings. The van der Waals surface area contributed by atoms with E-state index in [1.165, 1.54) is 25.7 Å². The number of Topliss-reactive ketones (excluding diaryl/α,β-unsaturated/α-hetero) is 1. The minimum absolute atomic E-state index is 0.120. The van der Waals surface area contributed by atoms with Gasteiger partial charge in [-0.05, 0) is 57.2 Å². The van der Waals surface area contributed by atoms with E-state index in [9.17, 15) is 9.59 Å². The van der Waals surface area contributed by atoms with E-state index >= 15 is 0 Å². The van der Waals surface area contributed by atoms with Crippen LogP contribution < -0.4 is 9.47 Å². The first-order valence-electron chi connectivity index (χ1n) is 12.6. The van der Waals surface area contributed by atoms with Crippen molar-refractivity contribution in [2.24, 2.45) is 0 Å². The molecule has 0 N–H and O–H groups in total. The standard InChI is InChI=1S/C28H44O5/c1-5-6-7-15-18-25(19-16-13-11-9-8-10-12-14-17-23(2)29)33-28(30)24-20-21-26(31-3)27(22-24)32-4/h13,16,20-22,25H,5-12,14-15,17-19H2,1-4H3/b16-13-. The molecule has 1 rings (SSSR count). The highest BCUT2D eigenvalue weighted by Crippen LogP contribution is 2.28. The number of benzene rings is 1. The summed E-state index contributed by atoms with van der Waals surface area (Å²) in [5, 5.41) is 0. The highest BCUT2D eigenvalue weighted by molar-refractivity contribution is 5.90. The van der Waals surface area contributed by atoms with Gasteiger partial charge in [0.05, 0.1) is 19.8 Å². The number of hydrogen-bond acceptors (Lipinski definition) is 5. The summed E-state index contributed by atoms with van der Waals surface area (Å²) in [4.78, 5) is 23.7. The maximum Gasteiger partial charge on any atom is 0.338 e. The molecule has 5 heteroatoms. The molecule has 0 bridgehead atoms. The van der Waals surface area contributed by atoms with Crippen LogP contribution in [0.4, 0.5) is 0 Å². The zero-order valence-electron chi connectivity index (χ0n) is 21.2. The van der Waals surface area contributed by atoms with E-state index in [-0.39, 0.29) is 17.9 Å². The van der Waals surface area contributed by atoms with Crippen LogP contribution in [0.3, 0.4) is 0 Å². The lowest BCUT2D eigenvalue weighted by Crippen LogP contribution is -2.18. The van der Waals surface area contributed by atoms with E-state index in [1.807, 2.05) is 0 Å². The third-order valence-corrected chi connectivity index (χ3v) is 5.74. The molecular weight excluding hydrogens is 416 g/mol. The lowest BCUT2D eigenvalue weighted by molar-refractivity contribution is -0.117. The summed E-state index contributed by atoms with van der Waals surface area (Å²) in [6.07, 6.45) is 17.9. The van der Waals surface area contributed by atoms with Crippen LogP contribution in [0.2, 0.25) is 0 Å². The minimum Gasteiger partial charge on any atom is -0.493 e. The Bertz CT molecular complexity index is 710. The largest absolute Gasteiger partial charge is 0.493 e. The molecule has 1 aromatic carbocycles. The SMILES string of the molecule is CCCCCCC(C/C=C\CCCCCCCC(C)=O)OC(=O)c1ccc(OC)c(OC)c1. The predicted molar refractivity (Wildman–Crippen MR) is 134 cm³/mol. The van der Waals surface area contributed by atoms with E-state index in [2.05, 4.69) is 19.1 Å². The molecule has 186 valence electrons. The molecule has 0 heterocycles. The van der Waals surface area contributed by atoms with Gasteiger partial charge in [0.2, 0.25) is 0 Å². The molecule has 0 fully saturated rings. The Morgan fingerprint density at radius 1 is 0.879 bits per heavy atom. The summed E-state index contributed by atoms with van der Waals surface area (Å²) in [5.41, 5.74) is 0.472. The van der Waals surface area contributed by atoms with E-state index in [4.69, 9.17) is 14.2 Å². The van der Waals surface area contributed by atoms with Gasteiger partial charge in [-0.1, -0.05) is 57.6 Å². The van der Waals surface area contributed by atoms with Crippen LogP contribution in [-0.4, -0.2) is 32.1 Å². The molecule has 1 aromatic rings. The summed E-state index contributed by atoms with van der Waals surface area (Å²) in [6.45, 7) is 3.85. The molecule has 0 spiro atoms. The van der Waals surface area contributed by atoms with Crippen LogP contribution in [0.5, 0.6) is 11.5 Å². The van der Waals surface area contributed by atoms with Crippen LogP contribution in [0, 0.1) is 0 Å². The highest BCUT2D eigenvalue weighted by atomic mass is 16.5. The zero-order valence-corrected chi connectivity index (χ0v) is 21.2. The average molecular weight is 461 g/mol. The van der Waals surface area contributed by atoms with Crippen LogP contribution >= 0.6 is 0 Å². The normalized spacial score (nSPS) is 12.0. The summed E-state index contributed by atoms with van der Waals surface area (Å²) in [7, 11) is 3.13. The molecule has 0 amide bonds. The highest BCUT2D eigenvalue weighted by Gasteiger charge is 2.17. The first kappa shape index (κ1) is 28.7. The molecule has 5 nitrogen and oxygen atoms in total. The molecule has 0 saturated carbocycles. The molecule has 1 atom stereocenters. The van der Waals surface area contributed by atoms with E-state index < -0.39 is 0 Å². The first-order valence-corrected chi connectivity index (χ1v) is 12.6. The van der Waals surface area contributed by atoms with Crippen molar-refractivity contribution in [3.8, 4) is 11.5 Å². The quantitative estimate of drug-likeness (QED) is 0.122. The molecule has 33 heavy (non-hydrogen) atoms. The van der Waals surface area contributed by atoms with Crippen molar-refractivity contribution in [3.63, 3.8) is 0 Å². The Kier molecular flexibility index (Phi) is 15.8. The maximum absolute atomic E-state index is 12.8. The second-order valence-corrected chi connectivity index (χ2v) is 8.66. The molecular formula is C28H44O5. The second kappa shape index (κ2) is 18.2. The number of carbonyl (C=O) groups excluding carboxylic acids is 2. The van der Waals surface area contributed by atoms with Crippen molar-refractivity contribution in [1.29, 1.82) is 0 Å². The minimum atomic E-state index is -0.324. The van der Waals surface area contributed by atoms with Crippen LogP contribution in [0.25, 0.3) is 0 Å². The molecule has 0 saturated heterocycles. The van der Waals surface area contributed by atoms with Crippen molar-refractivity contribution < 1.29 is 23.8 Å². The molecule has 1 unspecified atom stereocenters. The second-order valence-electron chi connectivity index (χ2n) is 8.66. The van der Waals surface area contributed by atoms with Gasteiger partial charge in [-0.15, -0.1) is 0 Å². The fraction of sp³-hybridized carbons (Fsp3) is 0.643. The summed E-state index contributed by atoms with van der Waals surface area (Å²) < 4.78 is 16.4. The summed E-state index contributed by atoms with van der Waals surface area (Å²) >= 11 is 0. The molecule has 0 aliphatic heterocycles. The molecule has 0 radical (unpaired) electrons. The zero-order chi connectivity index (χ0) is 24.3. The van der Waals surface area contributed by atoms with Gasteiger partial charge in [0.1, 0.15) is 11.9 Å². The first-order chi connectivity index (χ1) is 16.0. The van der Waals surface area contributed by atoms with Crippen LogP contribution in [0.15, 0.2) is 30.4 Å². The number of allylic oxidation sites excluding steroid dienone is 1. The van der Waals surface area contributed by atoms with Crippen molar-refractivity contribution in [1.82, 2.24) is 0 Å². The van der Waals surface area contributed by atoms with Gasteiger partial charge in [-0.2, -0.15) is 0 Å². The molecule has 0 aliphatic carbocycles. The average Bonchev–Trinajstić information content (AvgIpc) is 2.81. The third kappa shape index (κ3) is 13.1. The van der Waals surface area contributed by atoms with Crippen molar-refractivity contribution in [2.45, 2.75) is 103 Å². The van der Waals surface area contributed by atoms with Gasteiger partial charge in [0.15, 0.2) is 11.5 Å². The smallest absolute Gasteiger partial charge is 0.338 e. The molecule has 0 aromatic heterocycles. The Labute approximate surface area is 200 Å². The number of carbonyl (C=O) groups is 2. The van der Waals surface area contributed by atoms with Gasteiger partial charge in [0, 0.05) is 12.8 Å². The van der Waals surface area contributed by atoms with Gasteiger partial charge in [-0.25, -0.2) is 4.79 Å². The Hall–Kier alpha value is -2.30. The van der Waals surface area contributed by atoms with Gasteiger partial charge >= 0.3 is 5.97 Å². The van der Waals surface area contributed by atoms with Crippen molar-refractivity contribution >= 4 is 11.8 Å². The lowest BCUT2D eigenvalue weighted by Gasteiger charge is -2.17.